The second-order valence-electron chi connectivity index (χ2n) is 4.31. The number of amides is 1. The molecule has 1 atom stereocenters. The first kappa shape index (κ1) is 14.0. The molecule has 1 aromatic rings. The van der Waals surface area contributed by atoms with Gasteiger partial charge in [-0.2, -0.15) is 0 Å². The van der Waals surface area contributed by atoms with Crippen LogP contribution >= 0.6 is 0 Å². The smallest absolute Gasteiger partial charge is 0.328 e. The SMILES string of the molecule is CC(=O)NC(CN(C)c1cccc(C)c1)C(=O)O. The average molecular weight is 250 g/mol. The number of nitrogens with zero attached hydrogens (tertiary/aromatic N) is 1. The maximum Gasteiger partial charge on any atom is 0.328 e. The number of carbonyl (C=O) groups is 2. The largest absolute Gasteiger partial charge is 0.480 e. The van der Waals surface area contributed by atoms with E-state index in [1.165, 1.54) is 6.92 Å². The molecule has 0 aromatic heterocycles. The number of rotatable bonds is 5. The van der Waals surface area contributed by atoms with Gasteiger partial charge in [0.05, 0.1) is 0 Å². The average Bonchev–Trinajstić information content (AvgIpc) is 2.27. The first-order chi connectivity index (χ1) is 8.40. The number of benzene rings is 1. The molecule has 0 aliphatic heterocycles. The minimum atomic E-state index is -1.04. The molecule has 0 radical (unpaired) electrons. The second kappa shape index (κ2) is 6.05. The number of nitrogens with one attached hydrogen (secondary N) is 1. The van der Waals surface area contributed by atoms with E-state index < -0.39 is 12.0 Å². The van der Waals surface area contributed by atoms with Crippen LogP contribution in [0.4, 0.5) is 5.69 Å². The van der Waals surface area contributed by atoms with Crippen LogP contribution in [0.1, 0.15) is 12.5 Å². The quantitative estimate of drug-likeness (QED) is 0.818. The number of aryl methyl sites for hydroxylation is 1. The first-order valence-electron chi connectivity index (χ1n) is 5.68. The summed E-state index contributed by atoms with van der Waals surface area (Å²) in [6.07, 6.45) is 0. The fourth-order valence-electron chi connectivity index (χ4n) is 1.68. The minimum absolute atomic E-state index is 0.221. The Labute approximate surface area is 106 Å². The zero-order valence-electron chi connectivity index (χ0n) is 10.8. The van der Waals surface area contributed by atoms with Crippen molar-refractivity contribution in [1.29, 1.82) is 0 Å². The summed E-state index contributed by atoms with van der Waals surface area (Å²) >= 11 is 0. The van der Waals surface area contributed by atoms with Crippen LogP contribution in [0.3, 0.4) is 0 Å². The highest BCUT2D eigenvalue weighted by molar-refractivity contribution is 5.82. The molecular formula is C13H18N2O3. The van der Waals surface area contributed by atoms with E-state index in [4.69, 9.17) is 5.11 Å². The van der Waals surface area contributed by atoms with Gasteiger partial charge >= 0.3 is 5.97 Å². The van der Waals surface area contributed by atoms with Crippen LogP contribution in [0.15, 0.2) is 24.3 Å². The van der Waals surface area contributed by atoms with Crippen molar-refractivity contribution >= 4 is 17.6 Å². The zero-order chi connectivity index (χ0) is 13.7. The lowest BCUT2D eigenvalue weighted by atomic mass is 10.2. The van der Waals surface area contributed by atoms with Crippen LogP contribution in [0.5, 0.6) is 0 Å². The van der Waals surface area contributed by atoms with E-state index >= 15 is 0 Å². The topological polar surface area (TPSA) is 69.6 Å². The monoisotopic (exact) mass is 250 g/mol. The third-order valence-corrected chi connectivity index (χ3v) is 2.57. The van der Waals surface area contributed by atoms with Gasteiger partial charge in [0.15, 0.2) is 0 Å². The van der Waals surface area contributed by atoms with Crippen molar-refractivity contribution in [3.8, 4) is 0 Å². The molecule has 1 rings (SSSR count). The number of hydrogen-bond acceptors (Lipinski definition) is 3. The van der Waals surface area contributed by atoms with Crippen LogP contribution < -0.4 is 10.2 Å². The van der Waals surface area contributed by atoms with Crippen molar-refractivity contribution in [3.63, 3.8) is 0 Å². The van der Waals surface area contributed by atoms with E-state index in [2.05, 4.69) is 5.32 Å². The summed E-state index contributed by atoms with van der Waals surface area (Å²) in [5.74, 6) is -1.38. The molecule has 0 heterocycles. The van der Waals surface area contributed by atoms with Gasteiger partial charge in [-0.15, -0.1) is 0 Å². The predicted octanol–water partition coefficient (Wildman–Crippen LogP) is 1.02. The molecule has 1 amide bonds. The van der Waals surface area contributed by atoms with E-state index in [1.807, 2.05) is 36.1 Å². The Morgan fingerprint density at radius 2 is 2.11 bits per heavy atom. The molecule has 0 spiro atoms. The maximum atomic E-state index is 11.0. The van der Waals surface area contributed by atoms with E-state index in [9.17, 15) is 9.59 Å². The summed E-state index contributed by atoms with van der Waals surface area (Å²) < 4.78 is 0. The summed E-state index contributed by atoms with van der Waals surface area (Å²) in [5.41, 5.74) is 2.03. The maximum absolute atomic E-state index is 11.0. The van der Waals surface area contributed by atoms with Gasteiger partial charge < -0.3 is 15.3 Å². The van der Waals surface area contributed by atoms with Gasteiger partial charge in [0.2, 0.25) is 5.91 Å². The molecule has 0 bridgehead atoms. The Morgan fingerprint density at radius 1 is 1.44 bits per heavy atom. The van der Waals surface area contributed by atoms with Gasteiger partial charge in [-0.05, 0) is 24.6 Å². The van der Waals surface area contributed by atoms with Gasteiger partial charge in [0.1, 0.15) is 6.04 Å². The molecule has 2 N–H and O–H groups in total. The fourth-order valence-corrected chi connectivity index (χ4v) is 1.68. The standard InChI is InChI=1S/C13H18N2O3/c1-9-5-4-6-11(7-9)15(3)8-12(13(17)18)14-10(2)16/h4-7,12H,8H2,1-3H3,(H,14,16)(H,17,18). The van der Waals surface area contributed by atoms with Crippen molar-refractivity contribution in [1.82, 2.24) is 5.32 Å². The first-order valence-corrected chi connectivity index (χ1v) is 5.68. The lowest BCUT2D eigenvalue weighted by Crippen LogP contribution is -2.47. The highest BCUT2D eigenvalue weighted by Crippen LogP contribution is 2.14. The Morgan fingerprint density at radius 3 is 2.61 bits per heavy atom. The zero-order valence-corrected chi connectivity index (χ0v) is 10.8. The molecule has 5 nitrogen and oxygen atoms in total. The van der Waals surface area contributed by atoms with Crippen molar-refractivity contribution in [2.75, 3.05) is 18.5 Å². The Kier molecular flexibility index (Phi) is 4.71. The lowest BCUT2D eigenvalue weighted by molar-refractivity contribution is -0.141. The van der Waals surface area contributed by atoms with Gasteiger partial charge in [-0.3, -0.25) is 4.79 Å². The molecule has 0 fully saturated rings. The summed E-state index contributed by atoms with van der Waals surface area (Å²) in [7, 11) is 1.80. The molecule has 98 valence electrons. The summed E-state index contributed by atoms with van der Waals surface area (Å²) in [6.45, 7) is 3.50. The van der Waals surface area contributed by atoms with E-state index in [0.717, 1.165) is 11.3 Å². The number of hydrogen-bond donors (Lipinski definition) is 2. The van der Waals surface area contributed by atoms with Gasteiger partial charge in [-0.1, -0.05) is 12.1 Å². The summed E-state index contributed by atoms with van der Waals surface area (Å²) in [6, 6.07) is 6.84. The Bertz CT molecular complexity index is 446. The molecular weight excluding hydrogens is 232 g/mol. The fraction of sp³-hybridized carbons (Fsp3) is 0.385. The Balaban J connectivity index is 2.75. The van der Waals surface area contributed by atoms with E-state index in [0.29, 0.717) is 0 Å². The van der Waals surface area contributed by atoms with Crippen molar-refractivity contribution in [3.05, 3.63) is 29.8 Å². The summed E-state index contributed by atoms with van der Waals surface area (Å²) in [5, 5.41) is 11.4. The highest BCUT2D eigenvalue weighted by atomic mass is 16.4. The number of carboxylic acids is 1. The van der Waals surface area contributed by atoms with Crippen LogP contribution in [0.2, 0.25) is 0 Å². The van der Waals surface area contributed by atoms with Crippen molar-refractivity contribution in [2.24, 2.45) is 0 Å². The molecule has 18 heavy (non-hydrogen) atoms. The normalized spacial score (nSPS) is 11.7. The Hall–Kier alpha value is -2.04. The molecule has 1 aromatic carbocycles. The van der Waals surface area contributed by atoms with E-state index in [-0.39, 0.29) is 12.5 Å². The van der Waals surface area contributed by atoms with Gasteiger partial charge in [-0.25, -0.2) is 4.79 Å². The van der Waals surface area contributed by atoms with Gasteiger partial charge in [0.25, 0.3) is 0 Å². The van der Waals surface area contributed by atoms with Crippen LogP contribution in [-0.2, 0) is 9.59 Å². The summed E-state index contributed by atoms with van der Waals surface area (Å²) in [4.78, 5) is 23.8. The van der Waals surface area contributed by atoms with Crippen LogP contribution in [-0.4, -0.2) is 36.6 Å². The molecule has 0 aliphatic carbocycles. The van der Waals surface area contributed by atoms with Gasteiger partial charge in [0, 0.05) is 26.2 Å². The third-order valence-electron chi connectivity index (χ3n) is 2.57. The van der Waals surface area contributed by atoms with E-state index in [1.54, 1.807) is 7.05 Å². The number of likely N-dealkylation sites (N-methyl/N-ethyl adjacent to an activating group) is 1. The number of anilines is 1. The molecule has 1 unspecified atom stereocenters. The molecule has 0 saturated carbocycles. The number of aliphatic carboxylic acids is 1. The molecule has 0 aliphatic rings. The highest BCUT2D eigenvalue weighted by Gasteiger charge is 2.20. The second-order valence-corrected chi connectivity index (χ2v) is 4.31. The molecule has 5 heteroatoms. The minimum Gasteiger partial charge on any atom is -0.480 e. The predicted molar refractivity (Wildman–Crippen MR) is 69.7 cm³/mol. The van der Waals surface area contributed by atoms with Crippen LogP contribution in [0, 0.1) is 6.92 Å². The third kappa shape index (κ3) is 4.08. The molecule has 0 saturated heterocycles. The van der Waals surface area contributed by atoms with Crippen molar-refractivity contribution in [2.45, 2.75) is 19.9 Å². The number of carboxylic acid groups (broad SMARTS) is 1. The number of carbonyl (C=O) groups excluding carboxylic acids is 1. The lowest BCUT2D eigenvalue weighted by Gasteiger charge is -2.24. The van der Waals surface area contributed by atoms with Crippen molar-refractivity contribution < 1.29 is 14.7 Å². The van der Waals surface area contributed by atoms with Crippen LogP contribution in [0.25, 0.3) is 0 Å².